The number of halogens is 3. The first-order chi connectivity index (χ1) is 8.88. The highest BCUT2D eigenvalue weighted by molar-refractivity contribution is 5.90. The van der Waals surface area contributed by atoms with E-state index in [1.165, 1.54) is 31.5 Å². The van der Waals surface area contributed by atoms with Gasteiger partial charge in [-0.05, 0) is 17.7 Å². The Morgan fingerprint density at radius 1 is 1.00 bits per heavy atom. The van der Waals surface area contributed by atoms with E-state index in [1.807, 2.05) is 0 Å². The molecule has 1 aromatic heterocycles. The molecule has 0 aliphatic carbocycles. The van der Waals surface area contributed by atoms with Crippen molar-refractivity contribution in [3.05, 3.63) is 48.0 Å². The third-order valence-corrected chi connectivity index (χ3v) is 2.51. The molecule has 0 unspecified atom stereocenters. The fraction of sp³-hybridized carbons (Fsp3) is 0.154. The van der Waals surface area contributed by atoms with Crippen LogP contribution in [-0.2, 0) is 6.18 Å². The van der Waals surface area contributed by atoms with Gasteiger partial charge >= 0.3 is 6.18 Å². The zero-order valence-corrected chi connectivity index (χ0v) is 9.90. The van der Waals surface area contributed by atoms with E-state index < -0.39 is 11.7 Å². The molecule has 2 rings (SSSR count). The second kappa shape index (κ2) is 4.79. The van der Waals surface area contributed by atoms with Crippen molar-refractivity contribution in [3.8, 4) is 11.1 Å². The van der Waals surface area contributed by atoms with Crippen molar-refractivity contribution in [2.75, 3.05) is 0 Å². The van der Waals surface area contributed by atoms with Gasteiger partial charge in [0.25, 0.3) is 0 Å². The molecule has 0 aliphatic rings. The van der Waals surface area contributed by atoms with Crippen LogP contribution in [0.5, 0.6) is 0 Å². The molecular weight excluding hydrogens is 257 g/mol. The summed E-state index contributed by atoms with van der Waals surface area (Å²) in [5.41, 5.74) is 0.402. The molecule has 3 nitrogen and oxygen atoms in total. The summed E-state index contributed by atoms with van der Waals surface area (Å²) < 4.78 is 37.2. The van der Waals surface area contributed by atoms with Crippen LogP contribution in [0.25, 0.3) is 11.1 Å². The van der Waals surface area contributed by atoms with Crippen molar-refractivity contribution >= 4 is 5.78 Å². The van der Waals surface area contributed by atoms with Gasteiger partial charge in [0.1, 0.15) is 0 Å². The molecule has 0 atom stereocenters. The number of rotatable bonds is 2. The summed E-state index contributed by atoms with van der Waals surface area (Å²) in [6.45, 7) is 1.34. The summed E-state index contributed by atoms with van der Waals surface area (Å²) in [4.78, 5) is 18.7. The van der Waals surface area contributed by atoms with Gasteiger partial charge < -0.3 is 0 Å². The standard InChI is InChI=1S/C13H9F3N2O/c1-8(19)12-17-6-10(7-18-12)9-2-4-11(5-3-9)13(14,15)16/h2-7H,1H3. The van der Waals surface area contributed by atoms with Crippen LogP contribution in [0, 0.1) is 0 Å². The van der Waals surface area contributed by atoms with Gasteiger partial charge in [0.2, 0.25) is 0 Å². The predicted molar refractivity (Wildman–Crippen MR) is 62.5 cm³/mol. The fourth-order valence-corrected chi connectivity index (χ4v) is 1.51. The zero-order chi connectivity index (χ0) is 14.0. The summed E-state index contributed by atoms with van der Waals surface area (Å²) >= 11 is 0. The number of nitrogens with zero attached hydrogens (tertiary/aromatic N) is 2. The van der Waals surface area contributed by atoms with Crippen LogP contribution in [0.15, 0.2) is 36.7 Å². The molecule has 6 heteroatoms. The van der Waals surface area contributed by atoms with Crippen molar-refractivity contribution < 1.29 is 18.0 Å². The maximum Gasteiger partial charge on any atom is 0.416 e. The van der Waals surface area contributed by atoms with E-state index in [2.05, 4.69) is 9.97 Å². The number of Topliss-reactive ketones (excluding diaryl/α,β-unsaturated/α-hetero) is 1. The molecule has 1 heterocycles. The average Bonchev–Trinajstić information content (AvgIpc) is 2.38. The number of aromatic nitrogens is 2. The summed E-state index contributed by atoms with van der Waals surface area (Å²) in [7, 11) is 0. The van der Waals surface area contributed by atoms with E-state index in [1.54, 1.807) is 0 Å². The van der Waals surface area contributed by atoms with Gasteiger partial charge in [-0.25, -0.2) is 9.97 Å². The van der Waals surface area contributed by atoms with Crippen molar-refractivity contribution in [2.45, 2.75) is 13.1 Å². The topological polar surface area (TPSA) is 42.9 Å². The van der Waals surface area contributed by atoms with Crippen molar-refractivity contribution in [3.63, 3.8) is 0 Å². The first-order valence-electron chi connectivity index (χ1n) is 5.38. The minimum atomic E-state index is -4.35. The molecule has 0 radical (unpaired) electrons. The number of alkyl halides is 3. The van der Waals surface area contributed by atoms with Crippen LogP contribution >= 0.6 is 0 Å². The summed E-state index contributed by atoms with van der Waals surface area (Å²) in [6, 6.07) is 4.67. The van der Waals surface area contributed by atoms with E-state index in [4.69, 9.17) is 0 Å². The van der Waals surface area contributed by atoms with Crippen LogP contribution in [0.1, 0.15) is 23.1 Å². The Hall–Kier alpha value is -2.24. The second-order valence-electron chi connectivity index (χ2n) is 3.93. The smallest absolute Gasteiger partial charge is 0.291 e. The minimum absolute atomic E-state index is 0.0793. The van der Waals surface area contributed by atoms with E-state index >= 15 is 0 Å². The van der Waals surface area contributed by atoms with Gasteiger partial charge in [-0.2, -0.15) is 13.2 Å². The first-order valence-corrected chi connectivity index (χ1v) is 5.38. The van der Waals surface area contributed by atoms with E-state index in [-0.39, 0.29) is 11.6 Å². The molecule has 0 saturated carbocycles. The lowest BCUT2D eigenvalue weighted by Crippen LogP contribution is -2.04. The number of hydrogen-bond acceptors (Lipinski definition) is 3. The molecule has 0 N–H and O–H groups in total. The number of ketones is 1. The molecule has 98 valence electrons. The van der Waals surface area contributed by atoms with E-state index in [0.29, 0.717) is 11.1 Å². The Morgan fingerprint density at radius 2 is 1.53 bits per heavy atom. The Bertz CT molecular complexity index is 589. The van der Waals surface area contributed by atoms with Crippen LogP contribution in [0.3, 0.4) is 0 Å². The maximum atomic E-state index is 12.4. The molecular formula is C13H9F3N2O. The zero-order valence-electron chi connectivity index (χ0n) is 9.90. The SMILES string of the molecule is CC(=O)c1ncc(-c2ccc(C(F)(F)F)cc2)cn1. The average molecular weight is 266 g/mol. The van der Waals surface area contributed by atoms with Crippen molar-refractivity contribution in [2.24, 2.45) is 0 Å². The van der Waals surface area contributed by atoms with Gasteiger partial charge in [-0.3, -0.25) is 4.79 Å². The highest BCUT2D eigenvalue weighted by atomic mass is 19.4. The minimum Gasteiger partial charge on any atom is -0.291 e. The molecule has 0 saturated heterocycles. The lowest BCUT2D eigenvalue weighted by molar-refractivity contribution is -0.137. The summed E-state index contributed by atoms with van der Waals surface area (Å²) in [5.74, 6) is -0.186. The monoisotopic (exact) mass is 266 g/mol. The highest BCUT2D eigenvalue weighted by Crippen LogP contribution is 2.30. The van der Waals surface area contributed by atoms with Crippen LogP contribution < -0.4 is 0 Å². The number of carbonyl (C=O) groups is 1. The Kier molecular flexibility index (Phi) is 3.33. The predicted octanol–water partition coefficient (Wildman–Crippen LogP) is 3.37. The third-order valence-electron chi connectivity index (χ3n) is 2.51. The number of hydrogen-bond donors (Lipinski definition) is 0. The summed E-state index contributed by atoms with van der Waals surface area (Å²) in [5, 5.41) is 0. The molecule has 2 aromatic rings. The normalized spacial score (nSPS) is 11.4. The molecule has 0 fully saturated rings. The molecule has 19 heavy (non-hydrogen) atoms. The van der Waals surface area contributed by atoms with E-state index in [0.717, 1.165) is 12.1 Å². The molecule has 0 aliphatic heterocycles. The maximum absolute atomic E-state index is 12.4. The van der Waals surface area contributed by atoms with Crippen LogP contribution in [-0.4, -0.2) is 15.8 Å². The fourth-order valence-electron chi connectivity index (χ4n) is 1.51. The van der Waals surface area contributed by atoms with Gasteiger partial charge in [0.05, 0.1) is 5.56 Å². The van der Waals surface area contributed by atoms with Gasteiger partial charge in [0.15, 0.2) is 11.6 Å². The van der Waals surface area contributed by atoms with Gasteiger partial charge in [-0.1, -0.05) is 12.1 Å². The quantitative estimate of drug-likeness (QED) is 0.783. The Morgan fingerprint density at radius 3 is 1.95 bits per heavy atom. The largest absolute Gasteiger partial charge is 0.416 e. The van der Waals surface area contributed by atoms with Gasteiger partial charge in [-0.15, -0.1) is 0 Å². The highest BCUT2D eigenvalue weighted by Gasteiger charge is 2.29. The Balaban J connectivity index is 2.30. The van der Waals surface area contributed by atoms with Crippen molar-refractivity contribution in [1.29, 1.82) is 0 Å². The van der Waals surface area contributed by atoms with E-state index in [9.17, 15) is 18.0 Å². The van der Waals surface area contributed by atoms with Crippen LogP contribution in [0.2, 0.25) is 0 Å². The molecule has 0 amide bonds. The molecule has 0 spiro atoms. The lowest BCUT2D eigenvalue weighted by Gasteiger charge is -2.07. The Labute approximate surface area is 107 Å². The second-order valence-corrected chi connectivity index (χ2v) is 3.93. The molecule has 0 bridgehead atoms. The lowest BCUT2D eigenvalue weighted by atomic mass is 10.1. The third kappa shape index (κ3) is 2.96. The summed E-state index contributed by atoms with van der Waals surface area (Å²) in [6.07, 6.45) is -1.54. The molecule has 1 aromatic carbocycles. The number of benzene rings is 1. The van der Waals surface area contributed by atoms with Gasteiger partial charge in [0, 0.05) is 24.9 Å². The van der Waals surface area contributed by atoms with Crippen molar-refractivity contribution in [1.82, 2.24) is 9.97 Å². The first kappa shape index (κ1) is 13.2. The number of carbonyl (C=O) groups excluding carboxylic acids is 1. The van der Waals surface area contributed by atoms with Crippen LogP contribution in [0.4, 0.5) is 13.2 Å².